The molecule has 1 aromatic carbocycles. The van der Waals surface area contributed by atoms with Gasteiger partial charge >= 0.3 is 5.97 Å². The van der Waals surface area contributed by atoms with Gasteiger partial charge in [-0.3, -0.25) is 10.1 Å². The second kappa shape index (κ2) is 4.95. The van der Waals surface area contributed by atoms with Gasteiger partial charge in [-0.15, -0.1) is 0 Å². The van der Waals surface area contributed by atoms with Crippen LogP contribution in [0.25, 0.3) is 0 Å². The zero-order valence-electron chi connectivity index (χ0n) is 10.2. The number of anilines is 1. The Morgan fingerprint density at radius 1 is 1.58 bits per heavy atom. The van der Waals surface area contributed by atoms with Crippen molar-refractivity contribution < 1.29 is 14.8 Å². The fourth-order valence-electron chi connectivity index (χ4n) is 2.03. The summed E-state index contributed by atoms with van der Waals surface area (Å²) in [7, 11) is 0. The third-order valence-electron chi connectivity index (χ3n) is 3.39. The Balaban J connectivity index is 2.37. The molecule has 0 heterocycles. The average molecular weight is 376 g/mol. The number of carboxylic acids is 1. The summed E-state index contributed by atoms with van der Waals surface area (Å²) in [5.41, 5.74) is -1.00. The van der Waals surface area contributed by atoms with Crippen molar-refractivity contribution >= 4 is 39.9 Å². The summed E-state index contributed by atoms with van der Waals surface area (Å²) in [6.45, 7) is 1.58. The normalized spacial score (nSPS) is 17.6. The molecule has 7 heteroatoms. The van der Waals surface area contributed by atoms with Crippen LogP contribution >= 0.6 is 22.6 Å². The number of nitro benzene ring substituents is 1. The second-order valence-electron chi connectivity index (χ2n) is 4.83. The minimum atomic E-state index is -1.16. The maximum Gasteiger partial charge on any atom is 0.329 e. The van der Waals surface area contributed by atoms with Gasteiger partial charge in [-0.1, -0.05) is 0 Å². The first-order chi connectivity index (χ1) is 8.84. The van der Waals surface area contributed by atoms with E-state index in [0.717, 1.165) is 16.4 Å². The van der Waals surface area contributed by atoms with E-state index in [9.17, 15) is 20.0 Å². The molecule has 2 N–H and O–H groups in total. The van der Waals surface area contributed by atoms with Crippen molar-refractivity contribution in [3.63, 3.8) is 0 Å². The molecule has 19 heavy (non-hydrogen) atoms. The van der Waals surface area contributed by atoms with Gasteiger partial charge in [0.25, 0.3) is 5.69 Å². The van der Waals surface area contributed by atoms with E-state index < -0.39 is 16.4 Å². The molecule has 1 saturated carbocycles. The molecule has 1 aliphatic carbocycles. The van der Waals surface area contributed by atoms with E-state index in [4.69, 9.17) is 0 Å². The number of nitrogens with zero attached hydrogens (tertiary/aromatic N) is 1. The van der Waals surface area contributed by atoms with Crippen molar-refractivity contribution in [3.05, 3.63) is 31.9 Å². The van der Waals surface area contributed by atoms with Gasteiger partial charge in [-0.05, 0) is 60.4 Å². The van der Waals surface area contributed by atoms with Gasteiger partial charge in [0.05, 0.1) is 4.92 Å². The number of aliphatic carboxylic acids is 1. The van der Waals surface area contributed by atoms with Crippen LogP contribution in [0.2, 0.25) is 0 Å². The molecule has 1 unspecified atom stereocenters. The fourth-order valence-corrected chi connectivity index (χ4v) is 2.51. The van der Waals surface area contributed by atoms with Gasteiger partial charge in [-0.25, -0.2) is 4.79 Å². The lowest BCUT2D eigenvalue weighted by atomic mass is 9.95. The first-order valence-electron chi connectivity index (χ1n) is 5.80. The summed E-state index contributed by atoms with van der Waals surface area (Å²) >= 11 is 1.98. The first-order valence-corrected chi connectivity index (χ1v) is 6.88. The highest BCUT2D eigenvalue weighted by Crippen LogP contribution is 2.43. The summed E-state index contributed by atoms with van der Waals surface area (Å²) in [6, 6.07) is 4.70. The Morgan fingerprint density at radius 2 is 2.21 bits per heavy atom. The number of benzene rings is 1. The average Bonchev–Trinajstić information content (AvgIpc) is 3.15. The number of carbonyl (C=O) groups is 1. The van der Waals surface area contributed by atoms with E-state index in [2.05, 4.69) is 5.32 Å². The number of carboxylic acid groups (broad SMARTS) is 1. The van der Waals surface area contributed by atoms with Gasteiger partial charge in [0.1, 0.15) is 11.2 Å². The molecule has 1 fully saturated rings. The van der Waals surface area contributed by atoms with Crippen molar-refractivity contribution in [1.82, 2.24) is 0 Å². The Labute approximate surface area is 123 Å². The topological polar surface area (TPSA) is 92.5 Å². The predicted molar refractivity (Wildman–Crippen MR) is 78.2 cm³/mol. The third kappa shape index (κ3) is 2.80. The Morgan fingerprint density at radius 3 is 2.68 bits per heavy atom. The van der Waals surface area contributed by atoms with Crippen molar-refractivity contribution in [2.24, 2.45) is 5.92 Å². The van der Waals surface area contributed by atoms with Crippen LogP contribution in [0.1, 0.15) is 19.8 Å². The van der Waals surface area contributed by atoms with Crippen LogP contribution in [0.3, 0.4) is 0 Å². The standard InChI is InChI=1S/C12H13IN2O4/c1-12(11(16)17,7-2-3-7)14-9-5-4-8(13)6-10(9)15(18)19/h4-7,14H,2-3H2,1H3,(H,16,17). The van der Waals surface area contributed by atoms with Gasteiger partial charge in [0.15, 0.2) is 0 Å². The van der Waals surface area contributed by atoms with E-state index in [0.29, 0.717) is 0 Å². The Hall–Kier alpha value is -1.38. The molecule has 0 amide bonds. The Kier molecular flexibility index (Phi) is 3.66. The lowest BCUT2D eigenvalue weighted by Gasteiger charge is -2.27. The second-order valence-corrected chi connectivity index (χ2v) is 6.07. The monoisotopic (exact) mass is 376 g/mol. The smallest absolute Gasteiger partial charge is 0.329 e. The van der Waals surface area contributed by atoms with Crippen molar-refractivity contribution in [3.8, 4) is 0 Å². The van der Waals surface area contributed by atoms with Crippen LogP contribution in [0.15, 0.2) is 18.2 Å². The van der Waals surface area contributed by atoms with E-state index in [1.807, 2.05) is 22.6 Å². The van der Waals surface area contributed by atoms with Crippen molar-refractivity contribution in [1.29, 1.82) is 0 Å². The number of rotatable bonds is 5. The molecule has 0 saturated heterocycles. The van der Waals surface area contributed by atoms with Crippen molar-refractivity contribution in [2.75, 3.05) is 5.32 Å². The molecule has 0 aromatic heterocycles. The number of nitro groups is 1. The van der Waals surface area contributed by atoms with E-state index in [-0.39, 0.29) is 17.3 Å². The number of nitrogens with one attached hydrogen (secondary N) is 1. The zero-order chi connectivity index (χ0) is 14.2. The lowest BCUT2D eigenvalue weighted by Crippen LogP contribution is -2.45. The highest BCUT2D eigenvalue weighted by atomic mass is 127. The largest absolute Gasteiger partial charge is 0.480 e. The Bertz CT molecular complexity index is 545. The van der Waals surface area contributed by atoms with Crippen LogP contribution in [-0.4, -0.2) is 21.5 Å². The molecule has 0 bridgehead atoms. The molecule has 0 aliphatic heterocycles. The van der Waals surface area contributed by atoms with Crippen LogP contribution in [0.4, 0.5) is 11.4 Å². The molecular weight excluding hydrogens is 363 g/mol. The van der Waals surface area contributed by atoms with Crippen molar-refractivity contribution in [2.45, 2.75) is 25.3 Å². The highest BCUT2D eigenvalue weighted by Gasteiger charge is 2.48. The maximum absolute atomic E-state index is 11.4. The van der Waals surface area contributed by atoms with Crippen LogP contribution < -0.4 is 5.32 Å². The SMILES string of the molecule is CC(Nc1ccc(I)cc1[N+](=O)[O-])(C(=O)O)C1CC1. The van der Waals surface area contributed by atoms with Crippen LogP contribution in [0.5, 0.6) is 0 Å². The minimum Gasteiger partial charge on any atom is -0.480 e. The van der Waals surface area contributed by atoms with Crippen LogP contribution in [0, 0.1) is 19.6 Å². The summed E-state index contributed by atoms with van der Waals surface area (Å²) in [6.07, 6.45) is 1.65. The molecule has 2 rings (SSSR count). The molecule has 0 radical (unpaired) electrons. The van der Waals surface area contributed by atoms with Gasteiger partial charge in [0.2, 0.25) is 0 Å². The highest BCUT2D eigenvalue weighted by molar-refractivity contribution is 14.1. The summed E-state index contributed by atoms with van der Waals surface area (Å²) < 4.78 is 0.735. The summed E-state index contributed by atoms with van der Waals surface area (Å²) in [5, 5.41) is 23.2. The number of hydrogen-bond donors (Lipinski definition) is 2. The molecule has 0 spiro atoms. The first kappa shape index (κ1) is 14.0. The van der Waals surface area contributed by atoms with Gasteiger partial charge in [-0.2, -0.15) is 0 Å². The predicted octanol–water partition coefficient (Wildman–Crippen LogP) is 2.86. The number of halogens is 1. The zero-order valence-corrected chi connectivity index (χ0v) is 12.4. The molecule has 1 atom stereocenters. The summed E-state index contributed by atoms with van der Waals surface area (Å²) in [4.78, 5) is 22.0. The summed E-state index contributed by atoms with van der Waals surface area (Å²) in [5.74, 6) is -0.966. The van der Waals surface area contributed by atoms with E-state index >= 15 is 0 Å². The molecule has 102 valence electrons. The van der Waals surface area contributed by atoms with E-state index in [1.54, 1.807) is 19.1 Å². The van der Waals surface area contributed by atoms with E-state index in [1.165, 1.54) is 6.07 Å². The fraction of sp³-hybridized carbons (Fsp3) is 0.417. The molecule has 1 aromatic rings. The lowest BCUT2D eigenvalue weighted by molar-refractivity contribution is -0.384. The van der Waals surface area contributed by atoms with Crippen LogP contribution in [-0.2, 0) is 4.79 Å². The molecular formula is C12H13IN2O4. The minimum absolute atomic E-state index is 0.0175. The maximum atomic E-state index is 11.4. The molecule has 6 nitrogen and oxygen atoms in total. The third-order valence-corrected chi connectivity index (χ3v) is 4.06. The molecule has 1 aliphatic rings. The number of hydrogen-bond acceptors (Lipinski definition) is 4. The van der Waals surface area contributed by atoms with Gasteiger partial charge < -0.3 is 10.4 Å². The quantitative estimate of drug-likeness (QED) is 0.468. The van der Waals surface area contributed by atoms with Gasteiger partial charge in [0, 0.05) is 9.64 Å².